The largest absolute Gasteiger partial charge is 0.418 e. The molecule has 0 aliphatic carbocycles. The molecule has 11 heteroatoms. The lowest BCUT2D eigenvalue weighted by Gasteiger charge is -2.19. The average Bonchev–Trinajstić information content (AvgIpc) is 3.50. The van der Waals surface area contributed by atoms with Crippen molar-refractivity contribution in [2.75, 3.05) is 6.54 Å². The van der Waals surface area contributed by atoms with E-state index < -0.39 is 0 Å². The number of nitrogens with zero attached hydrogens (tertiary/aromatic N) is 7. The Balaban J connectivity index is 1.43. The van der Waals surface area contributed by atoms with E-state index in [9.17, 15) is 4.79 Å². The minimum atomic E-state index is -0.146. The number of benzene rings is 1. The number of hydrogen-bond acceptors (Lipinski definition) is 8. The first-order valence-electron chi connectivity index (χ1n) is 9.30. The summed E-state index contributed by atoms with van der Waals surface area (Å²) in [6.07, 6.45) is 0.798. The van der Waals surface area contributed by atoms with Crippen LogP contribution in [-0.4, -0.2) is 47.8 Å². The van der Waals surface area contributed by atoms with Crippen LogP contribution in [0.1, 0.15) is 19.2 Å². The number of rotatable bonds is 8. The Bertz CT molecular complexity index is 1110. The summed E-state index contributed by atoms with van der Waals surface area (Å²) in [5.41, 5.74) is 0.828. The molecule has 0 bridgehead atoms. The van der Waals surface area contributed by atoms with Crippen molar-refractivity contribution >= 4 is 33.2 Å². The van der Waals surface area contributed by atoms with Crippen LogP contribution in [0.5, 0.6) is 0 Å². The molecule has 0 radical (unpaired) electrons. The molecule has 0 aliphatic heterocycles. The first-order chi connectivity index (χ1) is 14.6. The van der Waals surface area contributed by atoms with E-state index in [2.05, 4.69) is 41.5 Å². The van der Waals surface area contributed by atoms with Gasteiger partial charge < -0.3 is 9.32 Å². The lowest BCUT2D eigenvalue weighted by atomic mass is 10.2. The van der Waals surface area contributed by atoms with Gasteiger partial charge in [0.25, 0.3) is 5.89 Å². The Morgan fingerprint density at radius 3 is 2.77 bits per heavy atom. The molecule has 0 saturated heterocycles. The maximum absolute atomic E-state index is 12.8. The Labute approximate surface area is 184 Å². The standard InChI is InChI=1S/C19H18BrN7O2S/c1-2-9-26(11-16-21-23-19(29-16)15-4-3-10-30-15)17(28)12-27-24-18(22-25-27)13-5-7-14(20)8-6-13/h3-8,10H,2,9,11-12H2,1H3. The van der Waals surface area contributed by atoms with Gasteiger partial charge in [-0.05, 0) is 47.3 Å². The third-order valence-corrected chi connectivity index (χ3v) is 5.59. The van der Waals surface area contributed by atoms with Crippen LogP contribution >= 0.6 is 27.3 Å². The molecule has 3 aromatic heterocycles. The number of thiophene rings is 1. The second kappa shape index (κ2) is 9.26. The fraction of sp³-hybridized carbons (Fsp3) is 0.263. The van der Waals surface area contributed by atoms with Crippen LogP contribution in [0.4, 0.5) is 0 Å². The molecule has 1 amide bonds. The summed E-state index contributed by atoms with van der Waals surface area (Å²) in [5, 5.41) is 22.5. The van der Waals surface area contributed by atoms with Crippen LogP contribution in [0.2, 0.25) is 0 Å². The van der Waals surface area contributed by atoms with Gasteiger partial charge in [0, 0.05) is 16.6 Å². The van der Waals surface area contributed by atoms with Gasteiger partial charge in [0.15, 0.2) is 0 Å². The number of aromatic nitrogens is 6. The third kappa shape index (κ3) is 4.79. The molecule has 0 fully saturated rings. The molecular weight excluding hydrogens is 470 g/mol. The van der Waals surface area contributed by atoms with Crippen molar-refractivity contribution in [1.82, 2.24) is 35.3 Å². The van der Waals surface area contributed by atoms with Crippen LogP contribution < -0.4 is 0 Å². The summed E-state index contributed by atoms with van der Waals surface area (Å²) in [7, 11) is 0. The van der Waals surface area contributed by atoms with E-state index in [1.54, 1.807) is 4.90 Å². The van der Waals surface area contributed by atoms with Gasteiger partial charge in [-0.1, -0.05) is 28.9 Å². The van der Waals surface area contributed by atoms with E-state index in [4.69, 9.17) is 4.42 Å². The zero-order chi connectivity index (χ0) is 20.9. The molecule has 4 rings (SSSR count). The van der Waals surface area contributed by atoms with Crippen molar-refractivity contribution in [3.05, 3.63) is 52.1 Å². The van der Waals surface area contributed by atoms with Gasteiger partial charge in [0.05, 0.1) is 11.4 Å². The van der Waals surface area contributed by atoms with Crippen LogP contribution in [0.25, 0.3) is 22.2 Å². The number of carbonyl (C=O) groups excluding carboxylic acids is 1. The molecular formula is C19H18BrN7O2S. The molecule has 154 valence electrons. The number of halogens is 1. The predicted molar refractivity (Wildman–Crippen MR) is 114 cm³/mol. The number of carbonyl (C=O) groups is 1. The fourth-order valence-electron chi connectivity index (χ4n) is 2.79. The highest BCUT2D eigenvalue weighted by atomic mass is 79.9. The quantitative estimate of drug-likeness (QED) is 0.373. The number of amides is 1. The smallest absolute Gasteiger partial charge is 0.257 e. The van der Waals surface area contributed by atoms with Gasteiger partial charge in [0.1, 0.15) is 6.54 Å². The van der Waals surface area contributed by atoms with Gasteiger partial charge in [-0.2, -0.15) is 4.80 Å². The van der Waals surface area contributed by atoms with Gasteiger partial charge in [0.2, 0.25) is 17.6 Å². The summed E-state index contributed by atoms with van der Waals surface area (Å²) in [5.74, 6) is 1.17. The molecule has 3 heterocycles. The van der Waals surface area contributed by atoms with Crippen molar-refractivity contribution in [3.63, 3.8) is 0 Å². The number of tetrazole rings is 1. The van der Waals surface area contributed by atoms with Crippen molar-refractivity contribution in [3.8, 4) is 22.2 Å². The summed E-state index contributed by atoms with van der Waals surface area (Å²) < 4.78 is 6.68. The van der Waals surface area contributed by atoms with E-state index >= 15 is 0 Å². The number of hydrogen-bond donors (Lipinski definition) is 0. The predicted octanol–water partition coefficient (Wildman–Crippen LogP) is 3.65. The fourth-order valence-corrected chi connectivity index (χ4v) is 3.70. The SMILES string of the molecule is CCCN(Cc1nnc(-c2cccs2)o1)C(=O)Cn1nnc(-c2ccc(Br)cc2)n1. The zero-order valence-corrected chi connectivity index (χ0v) is 18.5. The Kier molecular flexibility index (Phi) is 6.29. The third-order valence-electron chi connectivity index (χ3n) is 4.20. The van der Waals surface area contributed by atoms with Gasteiger partial charge in [-0.3, -0.25) is 4.79 Å². The van der Waals surface area contributed by atoms with E-state index in [1.165, 1.54) is 16.1 Å². The van der Waals surface area contributed by atoms with Crippen molar-refractivity contribution in [2.24, 2.45) is 0 Å². The Hall–Kier alpha value is -2.92. The second-order valence-electron chi connectivity index (χ2n) is 6.44. The highest BCUT2D eigenvalue weighted by Crippen LogP contribution is 2.23. The van der Waals surface area contributed by atoms with Crippen LogP contribution in [0, 0.1) is 0 Å². The summed E-state index contributed by atoms with van der Waals surface area (Å²) >= 11 is 4.92. The molecule has 0 unspecified atom stereocenters. The molecule has 4 aromatic rings. The molecule has 9 nitrogen and oxygen atoms in total. The molecule has 0 aliphatic rings. The minimum absolute atomic E-state index is 0.0184. The second-order valence-corrected chi connectivity index (χ2v) is 8.31. The lowest BCUT2D eigenvalue weighted by molar-refractivity contribution is -0.133. The molecule has 0 atom stereocenters. The highest BCUT2D eigenvalue weighted by Gasteiger charge is 2.19. The van der Waals surface area contributed by atoms with Crippen molar-refractivity contribution in [2.45, 2.75) is 26.4 Å². The van der Waals surface area contributed by atoms with Gasteiger partial charge in [-0.15, -0.1) is 31.7 Å². The maximum atomic E-state index is 12.8. The van der Waals surface area contributed by atoms with Gasteiger partial charge in [-0.25, -0.2) is 0 Å². The summed E-state index contributed by atoms with van der Waals surface area (Å²) in [4.78, 5) is 16.7. The molecule has 0 N–H and O–H groups in total. The van der Waals surface area contributed by atoms with Crippen molar-refractivity contribution in [1.29, 1.82) is 0 Å². The van der Waals surface area contributed by atoms with Crippen molar-refractivity contribution < 1.29 is 9.21 Å². The van der Waals surface area contributed by atoms with E-state index in [0.717, 1.165) is 21.3 Å². The van der Waals surface area contributed by atoms with Gasteiger partial charge >= 0.3 is 0 Å². The lowest BCUT2D eigenvalue weighted by Crippen LogP contribution is -2.34. The minimum Gasteiger partial charge on any atom is -0.418 e. The molecule has 0 saturated carbocycles. The average molecular weight is 488 g/mol. The zero-order valence-electron chi connectivity index (χ0n) is 16.1. The topological polar surface area (TPSA) is 103 Å². The van der Waals surface area contributed by atoms with E-state index in [1.807, 2.05) is 48.7 Å². The van der Waals surface area contributed by atoms with Crippen LogP contribution in [-0.2, 0) is 17.9 Å². The van der Waals surface area contributed by atoms with Crippen LogP contribution in [0.3, 0.4) is 0 Å². The monoisotopic (exact) mass is 487 g/mol. The first kappa shape index (κ1) is 20.4. The van der Waals surface area contributed by atoms with E-state index in [0.29, 0.717) is 24.2 Å². The molecule has 0 spiro atoms. The summed E-state index contributed by atoms with van der Waals surface area (Å²) in [6, 6.07) is 11.4. The van der Waals surface area contributed by atoms with Crippen LogP contribution in [0.15, 0.2) is 50.7 Å². The molecule has 30 heavy (non-hydrogen) atoms. The summed E-state index contributed by atoms with van der Waals surface area (Å²) in [6.45, 7) is 2.78. The Morgan fingerprint density at radius 1 is 1.20 bits per heavy atom. The normalized spacial score (nSPS) is 11.0. The maximum Gasteiger partial charge on any atom is 0.257 e. The first-order valence-corrected chi connectivity index (χ1v) is 11.0. The highest BCUT2D eigenvalue weighted by molar-refractivity contribution is 9.10. The Morgan fingerprint density at radius 2 is 2.03 bits per heavy atom. The van der Waals surface area contributed by atoms with E-state index in [-0.39, 0.29) is 19.0 Å². The molecule has 1 aromatic carbocycles.